The van der Waals surface area contributed by atoms with E-state index in [0.717, 1.165) is 16.3 Å². The Morgan fingerprint density at radius 2 is 2.04 bits per heavy atom. The summed E-state index contributed by atoms with van der Waals surface area (Å²) in [5.74, 6) is -1.26. The van der Waals surface area contributed by atoms with Gasteiger partial charge in [-0.2, -0.15) is 0 Å². The fourth-order valence-electron chi connectivity index (χ4n) is 2.64. The van der Waals surface area contributed by atoms with E-state index >= 15 is 0 Å². The average molecular weight is 338 g/mol. The van der Waals surface area contributed by atoms with Gasteiger partial charge in [-0.15, -0.1) is 0 Å². The summed E-state index contributed by atoms with van der Waals surface area (Å²) in [6.07, 6.45) is 0.0110. The Morgan fingerprint density at radius 1 is 1.28 bits per heavy atom. The number of nitrogens with zero attached hydrogens (tertiary/aromatic N) is 2. The molecule has 3 aromatic rings. The number of methoxy groups -OCH3 is 1. The quantitative estimate of drug-likeness (QED) is 0.329. The molecule has 0 unspecified atom stereocenters. The van der Waals surface area contributed by atoms with Gasteiger partial charge in [0.15, 0.2) is 5.78 Å². The summed E-state index contributed by atoms with van der Waals surface area (Å²) in [6, 6.07) is 9.17. The summed E-state index contributed by atoms with van der Waals surface area (Å²) >= 11 is 0. The van der Waals surface area contributed by atoms with Crippen molar-refractivity contribution in [3.63, 3.8) is 0 Å². The maximum Gasteiger partial charge on any atom is 0.307 e. The standard InChI is InChI=1S/C18H17N3O4/c1-10(22)16-17-12(11-5-3-4-6-13(11)20-17)9-14(21-16)18(24)19-8-7-15(23)25-2/h3-6,9,20H,7-8H2,1-2H3,(H,19,24)/p-1. The number of carbonyl (C=O) groups excluding carboxylic acids is 2. The van der Waals surface area contributed by atoms with Crippen molar-refractivity contribution in [1.82, 2.24) is 9.97 Å². The topological polar surface area (TPSA) is 107 Å². The third kappa shape index (κ3) is 3.21. The van der Waals surface area contributed by atoms with Gasteiger partial charge in [-0.25, -0.2) is 4.98 Å². The lowest BCUT2D eigenvalue weighted by molar-refractivity contribution is -0.213. The van der Waals surface area contributed by atoms with Crippen molar-refractivity contribution in [2.24, 2.45) is 4.99 Å². The van der Waals surface area contributed by atoms with Crippen molar-refractivity contribution in [2.45, 2.75) is 13.3 Å². The summed E-state index contributed by atoms with van der Waals surface area (Å²) in [5.41, 5.74) is 1.72. The maximum absolute atomic E-state index is 12.3. The molecule has 25 heavy (non-hydrogen) atoms. The number of hydrogen-bond donors (Lipinski definition) is 1. The van der Waals surface area contributed by atoms with Crippen LogP contribution in [0.5, 0.6) is 0 Å². The summed E-state index contributed by atoms with van der Waals surface area (Å²) in [4.78, 5) is 34.2. The van der Waals surface area contributed by atoms with Crippen molar-refractivity contribution in [1.29, 1.82) is 0 Å². The summed E-state index contributed by atoms with van der Waals surface area (Å²) in [6.45, 7) is 1.41. The lowest BCUT2D eigenvalue weighted by Crippen LogP contribution is -2.22. The molecule has 0 bridgehead atoms. The Hall–Kier alpha value is -3.22. The number of aliphatic imine (C=N–C) groups is 1. The molecule has 128 valence electrons. The van der Waals surface area contributed by atoms with Crippen LogP contribution in [0.25, 0.3) is 21.8 Å². The highest BCUT2D eigenvalue weighted by Gasteiger charge is 2.14. The molecular weight excluding hydrogens is 322 g/mol. The van der Waals surface area contributed by atoms with E-state index in [1.54, 1.807) is 6.07 Å². The number of rotatable bonds is 5. The number of ketones is 1. The Morgan fingerprint density at radius 3 is 2.76 bits per heavy atom. The number of hydrogen-bond acceptors (Lipinski definition) is 6. The molecule has 2 aromatic heterocycles. The van der Waals surface area contributed by atoms with Gasteiger partial charge in [0, 0.05) is 35.7 Å². The van der Waals surface area contributed by atoms with E-state index < -0.39 is 11.9 Å². The highest BCUT2D eigenvalue weighted by Crippen LogP contribution is 2.27. The fourth-order valence-corrected chi connectivity index (χ4v) is 2.64. The summed E-state index contributed by atoms with van der Waals surface area (Å²) < 4.78 is 4.51. The molecule has 2 heterocycles. The van der Waals surface area contributed by atoms with Crippen LogP contribution < -0.4 is 5.11 Å². The molecular formula is C18H16N3O4-. The van der Waals surface area contributed by atoms with E-state index in [2.05, 4.69) is 19.7 Å². The minimum Gasteiger partial charge on any atom is -0.857 e. The zero-order chi connectivity index (χ0) is 18.0. The van der Waals surface area contributed by atoms with Gasteiger partial charge in [-0.1, -0.05) is 18.2 Å². The number of para-hydroxylation sites is 1. The molecule has 1 N–H and O–H groups in total. The van der Waals surface area contributed by atoms with E-state index in [9.17, 15) is 14.7 Å². The van der Waals surface area contributed by atoms with Gasteiger partial charge in [0.2, 0.25) is 0 Å². The third-order valence-electron chi connectivity index (χ3n) is 3.85. The SMILES string of the molecule is COC(=O)CCN=C([O-])c1cc2c([nH]c3ccccc32)c(C(C)=O)n1. The number of nitrogens with one attached hydrogen (secondary N) is 1. The van der Waals surface area contributed by atoms with Gasteiger partial charge >= 0.3 is 5.97 Å². The van der Waals surface area contributed by atoms with Gasteiger partial charge in [0.1, 0.15) is 5.69 Å². The molecule has 0 saturated heterocycles. The van der Waals surface area contributed by atoms with Crippen LogP contribution in [0.15, 0.2) is 35.3 Å². The van der Waals surface area contributed by atoms with Crippen LogP contribution in [0.2, 0.25) is 0 Å². The first-order chi connectivity index (χ1) is 12.0. The molecule has 0 aliphatic heterocycles. The maximum atomic E-state index is 12.3. The number of fused-ring (bicyclic) bond motifs is 3. The first kappa shape index (κ1) is 16.6. The second-order valence-electron chi connectivity index (χ2n) is 5.52. The minimum absolute atomic E-state index is 0.00845. The Labute approximate surface area is 143 Å². The molecule has 0 amide bonds. The number of aromatic nitrogens is 2. The number of aromatic amines is 1. The van der Waals surface area contributed by atoms with Crippen LogP contribution in [-0.2, 0) is 9.53 Å². The van der Waals surface area contributed by atoms with Crippen molar-refractivity contribution >= 4 is 39.5 Å². The van der Waals surface area contributed by atoms with E-state index in [1.807, 2.05) is 24.3 Å². The fraction of sp³-hybridized carbons (Fsp3) is 0.222. The second-order valence-corrected chi connectivity index (χ2v) is 5.52. The lowest BCUT2D eigenvalue weighted by atomic mass is 10.1. The molecule has 7 nitrogen and oxygen atoms in total. The second kappa shape index (κ2) is 6.72. The lowest BCUT2D eigenvalue weighted by Gasteiger charge is -2.11. The molecule has 3 rings (SSSR count). The molecule has 0 atom stereocenters. The highest BCUT2D eigenvalue weighted by atomic mass is 16.5. The number of Topliss-reactive ketones (excluding diaryl/α,β-unsaturated/α-hetero) is 1. The first-order valence-corrected chi connectivity index (χ1v) is 7.72. The zero-order valence-electron chi connectivity index (χ0n) is 13.8. The van der Waals surface area contributed by atoms with Gasteiger partial charge in [0.05, 0.1) is 24.7 Å². The molecule has 7 heteroatoms. The van der Waals surface area contributed by atoms with E-state index in [-0.39, 0.29) is 30.1 Å². The van der Waals surface area contributed by atoms with Gasteiger partial charge in [0.25, 0.3) is 0 Å². The van der Waals surface area contributed by atoms with E-state index in [0.29, 0.717) is 5.52 Å². The number of benzene rings is 1. The van der Waals surface area contributed by atoms with Gasteiger partial charge < -0.3 is 14.8 Å². The number of H-pyrrole nitrogens is 1. The average Bonchev–Trinajstić information content (AvgIpc) is 2.99. The summed E-state index contributed by atoms with van der Waals surface area (Å²) in [5, 5.41) is 13.9. The highest BCUT2D eigenvalue weighted by molar-refractivity contribution is 6.15. The largest absolute Gasteiger partial charge is 0.857 e. The molecule has 0 aliphatic carbocycles. The molecule has 0 aliphatic rings. The predicted octanol–water partition coefficient (Wildman–Crippen LogP) is 1.59. The van der Waals surface area contributed by atoms with Gasteiger partial charge in [-0.05, 0) is 12.1 Å². The smallest absolute Gasteiger partial charge is 0.307 e. The number of carbonyl (C=O) groups is 2. The summed E-state index contributed by atoms with van der Waals surface area (Å²) in [7, 11) is 1.27. The van der Waals surface area contributed by atoms with Crippen molar-refractivity contribution in [3.8, 4) is 0 Å². The minimum atomic E-state index is -0.571. The molecule has 0 radical (unpaired) electrons. The van der Waals surface area contributed by atoms with Crippen molar-refractivity contribution < 1.29 is 19.4 Å². The molecule has 0 saturated carbocycles. The van der Waals surface area contributed by atoms with Crippen LogP contribution in [0.3, 0.4) is 0 Å². The van der Waals surface area contributed by atoms with Crippen molar-refractivity contribution in [2.75, 3.05) is 13.7 Å². The third-order valence-corrected chi connectivity index (χ3v) is 3.85. The van der Waals surface area contributed by atoms with Crippen LogP contribution in [0, 0.1) is 0 Å². The van der Waals surface area contributed by atoms with Gasteiger partial charge in [-0.3, -0.25) is 14.6 Å². The Kier molecular flexibility index (Phi) is 4.47. The molecule has 0 fully saturated rings. The Bertz CT molecular complexity index is 1000. The van der Waals surface area contributed by atoms with Crippen LogP contribution in [0.1, 0.15) is 29.5 Å². The Balaban J connectivity index is 2.09. The van der Waals surface area contributed by atoms with E-state index in [1.165, 1.54) is 14.0 Å². The molecule has 0 spiro atoms. The number of pyridine rings is 1. The zero-order valence-corrected chi connectivity index (χ0v) is 13.8. The van der Waals surface area contributed by atoms with Crippen molar-refractivity contribution in [3.05, 3.63) is 41.7 Å². The van der Waals surface area contributed by atoms with Crippen LogP contribution >= 0.6 is 0 Å². The van der Waals surface area contributed by atoms with Crippen LogP contribution in [0.4, 0.5) is 0 Å². The van der Waals surface area contributed by atoms with Crippen LogP contribution in [-0.4, -0.2) is 41.3 Å². The monoisotopic (exact) mass is 338 g/mol. The first-order valence-electron chi connectivity index (χ1n) is 7.72. The van der Waals surface area contributed by atoms with E-state index in [4.69, 9.17) is 0 Å². The normalized spacial score (nSPS) is 11.8. The number of esters is 1. The number of ether oxygens (including phenoxy) is 1. The predicted molar refractivity (Wildman–Crippen MR) is 91.6 cm³/mol. The molecule has 1 aromatic carbocycles.